The van der Waals surface area contributed by atoms with Crippen molar-refractivity contribution >= 4 is 33.2 Å². The topological polar surface area (TPSA) is 107 Å². The first-order valence-electron chi connectivity index (χ1n) is 7.80. The Hall–Kier alpha value is -2.85. The number of nitro groups is 1. The van der Waals surface area contributed by atoms with Gasteiger partial charge in [0.1, 0.15) is 0 Å². The summed E-state index contributed by atoms with van der Waals surface area (Å²) in [6.07, 6.45) is 3.45. The van der Waals surface area contributed by atoms with Gasteiger partial charge in [0.15, 0.2) is 5.16 Å². The van der Waals surface area contributed by atoms with Crippen LogP contribution >= 0.6 is 11.8 Å². The number of benzene rings is 2. The van der Waals surface area contributed by atoms with Crippen LogP contribution in [0.25, 0.3) is 0 Å². The summed E-state index contributed by atoms with van der Waals surface area (Å²) in [5.74, 6) is 0. The lowest BCUT2D eigenvalue weighted by molar-refractivity contribution is -0.385. The number of nitrogens with one attached hydrogen (secondary N) is 1. The van der Waals surface area contributed by atoms with E-state index in [1.54, 1.807) is 43.6 Å². The number of hydrogen-bond donors (Lipinski definition) is 1. The fraction of sp³-hybridized carbons (Fsp3) is 0.118. The molecule has 27 heavy (non-hydrogen) atoms. The SMILES string of the molecule is Cc1ccc(S(=O)(=O)Nc2ccccc2Sc2nccn2C)cc1[N+](=O)[O-]. The summed E-state index contributed by atoms with van der Waals surface area (Å²) in [6.45, 7) is 1.56. The Morgan fingerprint density at radius 1 is 1.22 bits per heavy atom. The maximum Gasteiger partial charge on any atom is 0.273 e. The first-order valence-corrected chi connectivity index (χ1v) is 10.1. The van der Waals surface area contributed by atoms with E-state index >= 15 is 0 Å². The zero-order valence-corrected chi connectivity index (χ0v) is 16.1. The Labute approximate surface area is 160 Å². The number of nitro benzene ring substituents is 1. The second-order valence-electron chi connectivity index (χ2n) is 5.73. The Kier molecular flexibility index (Phi) is 5.19. The molecule has 0 atom stereocenters. The summed E-state index contributed by atoms with van der Waals surface area (Å²) in [5.41, 5.74) is 0.520. The van der Waals surface area contributed by atoms with E-state index in [1.807, 2.05) is 11.6 Å². The molecule has 2 aromatic carbocycles. The molecule has 1 aromatic heterocycles. The number of anilines is 1. The van der Waals surface area contributed by atoms with Gasteiger partial charge in [0.25, 0.3) is 15.7 Å². The smallest absolute Gasteiger partial charge is 0.273 e. The van der Waals surface area contributed by atoms with Crippen LogP contribution in [0, 0.1) is 17.0 Å². The average Bonchev–Trinajstić information content (AvgIpc) is 3.01. The van der Waals surface area contributed by atoms with Gasteiger partial charge in [0.2, 0.25) is 0 Å². The summed E-state index contributed by atoms with van der Waals surface area (Å²) in [4.78, 5) is 15.2. The number of para-hydroxylation sites is 1. The van der Waals surface area contributed by atoms with Crippen LogP contribution in [0.1, 0.15) is 5.56 Å². The lowest BCUT2D eigenvalue weighted by Gasteiger charge is -2.12. The lowest BCUT2D eigenvalue weighted by atomic mass is 10.2. The summed E-state index contributed by atoms with van der Waals surface area (Å²) in [5, 5.41) is 11.8. The van der Waals surface area contributed by atoms with Crippen LogP contribution in [0.2, 0.25) is 0 Å². The van der Waals surface area contributed by atoms with Gasteiger partial charge in [-0.25, -0.2) is 13.4 Å². The van der Waals surface area contributed by atoms with Crippen LogP contribution in [-0.4, -0.2) is 22.9 Å². The Bertz CT molecular complexity index is 1110. The van der Waals surface area contributed by atoms with Crippen molar-refractivity contribution in [2.24, 2.45) is 7.05 Å². The monoisotopic (exact) mass is 404 g/mol. The minimum Gasteiger partial charge on any atom is -0.329 e. The highest BCUT2D eigenvalue weighted by atomic mass is 32.2. The highest BCUT2D eigenvalue weighted by Gasteiger charge is 2.21. The quantitative estimate of drug-likeness (QED) is 0.497. The molecular weight excluding hydrogens is 388 g/mol. The van der Waals surface area contributed by atoms with Crippen LogP contribution in [-0.2, 0) is 17.1 Å². The van der Waals surface area contributed by atoms with Gasteiger partial charge in [-0.3, -0.25) is 14.8 Å². The van der Waals surface area contributed by atoms with Crippen molar-refractivity contribution in [2.75, 3.05) is 4.72 Å². The van der Waals surface area contributed by atoms with Gasteiger partial charge in [-0.2, -0.15) is 0 Å². The van der Waals surface area contributed by atoms with E-state index in [0.717, 1.165) is 6.07 Å². The largest absolute Gasteiger partial charge is 0.329 e. The van der Waals surface area contributed by atoms with Gasteiger partial charge in [-0.15, -0.1) is 0 Å². The van der Waals surface area contributed by atoms with Crippen molar-refractivity contribution in [3.05, 3.63) is 70.5 Å². The second kappa shape index (κ2) is 7.41. The molecule has 3 aromatic rings. The molecule has 0 spiro atoms. The predicted molar refractivity (Wildman–Crippen MR) is 102 cm³/mol. The van der Waals surface area contributed by atoms with Crippen molar-refractivity contribution in [1.82, 2.24) is 9.55 Å². The normalized spacial score (nSPS) is 11.3. The van der Waals surface area contributed by atoms with Gasteiger partial charge >= 0.3 is 0 Å². The van der Waals surface area contributed by atoms with Gasteiger partial charge < -0.3 is 4.57 Å². The molecule has 0 fully saturated rings. The highest BCUT2D eigenvalue weighted by molar-refractivity contribution is 7.99. The molecule has 1 heterocycles. The van der Waals surface area contributed by atoms with Crippen LogP contribution in [0.15, 0.2) is 69.8 Å². The van der Waals surface area contributed by atoms with Gasteiger partial charge in [-0.05, 0) is 36.9 Å². The predicted octanol–water partition coefficient (Wildman–Crippen LogP) is 3.59. The third-order valence-corrected chi connectivity index (χ3v) is 6.31. The van der Waals surface area contributed by atoms with Gasteiger partial charge in [0, 0.05) is 36.0 Å². The van der Waals surface area contributed by atoms with Crippen molar-refractivity contribution in [3.63, 3.8) is 0 Å². The molecule has 0 saturated carbocycles. The number of sulfonamides is 1. The van der Waals surface area contributed by atoms with E-state index in [-0.39, 0.29) is 10.6 Å². The summed E-state index contributed by atoms with van der Waals surface area (Å²) in [6, 6.07) is 10.7. The minimum absolute atomic E-state index is 0.170. The van der Waals surface area contributed by atoms with E-state index in [9.17, 15) is 18.5 Å². The van der Waals surface area contributed by atoms with Crippen molar-refractivity contribution < 1.29 is 13.3 Å². The molecule has 0 aliphatic heterocycles. The minimum atomic E-state index is -3.99. The molecular formula is C17H16N4O4S2. The fourth-order valence-corrected chi connectivity index (χ4v) is 4.40. The third kappa shape index (κ3) is 4.12. The number of imidazole rings is 1. The Morgan fingerprint density at radius 3 is 2.63 bits per heavy atom. The first-order chi connectivity index (χ1) is 12.8. The van der Waals surface area contributed by atoms with E-state index in [2.05, 4.69) is 9.71 Å². The molecule has 0 aliphatic carbocycles. The van der Waals surface area contributed by atoms with Crippen LogP contribution < -0.4 is 4.72 Å². The molecule has 8 nitrogen and oxygen atoms in total. The number of rotatable bonds is 6. The number of nitrogens with zero attached hydrogens (tertiary/aromatic N) is 3. The zero-order valence-electron chi connectivity index (χ0n) is 14.5. The number of aromatic nitrogens is 2. The Balaban J connectivity index is 1.94. The van der Waals surface area contributed by atoms with E-state index in [1.165, 1.54) is 23.9 Å². The molecule has 0 bridgehead atoms. The summed E-state index contributed by atoms with van der Waals surface area (Å²) in [7, 11) is -2.15. The zero-order chi connectivity index (χ0) is 19.6. The maximum absolute atomic E-state index is 12.7. The maximum atomic E-state index is 12.7. The average molecular weight is 404 g/mol. The number of aryl methyl sites for hydroxylation is 2. The molecule has 140 valence electrons. The van der Waals surface area contributed by atoms with E-state index in [0.29, 0.717) is 21.3 Å². The van der Waals surface area contributed by atoms with Crippen LogP contribution in [0.5, 0.6) is 0 Å². The molecule has 0 amide bonds. The highest BCUT2D eigenvalue weighted by Crippen LogP contribution is 2.33. The third-order valence-electron chi connectivity index (χ3n) is 3.80. The molecule has 0 radical (unpaired) electrons. The fourth-order valence-electron chi connectivity index (χ4n) is 2.35. The van der Waals surface area contributed by atoms with E-state index in [4.69, 9.17) is 0 Å². The Morgan fingerprint density at radius 2 is 1.96 bits per heavy atom. The molecule has 0 unspecified atom stereocenters. The van der Waals surface area contributed by atoms with Crippen molar-refractivity contribution in [1.29, 1.82) is 0 Å². The van der Waals surface area contributed by atoms with Crippen LogP contribution in [0.4, 0.5) is 11.4 Å². The molecule has 3 rings (SSSR count). The molecule has 10 heteroatoms. The lowest BCUT2D eigenvalue weighted by Crippen LogP contribution is -2.14. The summed E-state index contributed by atoms with van der Waals surface area (Å²) >= 11 is 1.31. The van der Waals surface area contributed by atoms with Crippen molar-refractivity contribution in [2.45, 2.75) is 21.9 Å². The number of hydrogen-bond acceptors (Lipinski definition) is 6. The van der Waals surface area contributed by atoms with Gasteiger partial charge in [0.05, 0.1) is 15.5 Å². The standard InChI is InChI=1S/C17H16N4O4S2/c1-12-7-8-13(11-15(12)21(22)23)27(24,25)19-14-5-3-4-6-16(14)26-17-18-9-10-20(17)2/h3-11,19H,1-2H3. The molecule has 0 saturated heterocycles. The summed E-state index contributed by atoms with van der Waals surface area (Å²) < 4.78 is 29.8. The van der Waals surface area contributed by atoms with Crippen LogP contribution in [0.3, 0.4) is 0 Å². The molecule has 0 aliphatic rings. The van der Waals surface area contributed by atoms with Crippen molar-refractivity contribution in [3.8, 4) is 0 Å². The molecule has 1 N–H and O–H groups in total. The second-order valence-corrected chi connectivity index (χ2v) is 8.42. The first kappa shape index (κ1) is 18.9. The van der Waals surface area contributed by atoms with Gasteiger partial charge in [-0.1, -0.05) is 18.2 Å². The van der Waals surface area contributed by atoms with E-state index < -0.39 is 14.9 Å².